The first-order chi connectivity index (χ1) is 18.0. The molecule has 1 fully saturated rings. The number of amides is 1. The van der Waals surface area contributed by atoms with Gasteiger partial charge in [-0.3, -0.25) is 10.2 Å². The van der Waals surface area contributed by atoms with Crippen molar-refractivity contribution in [2.75, 3.05) is 29.9 Å². The predicted molar refractivity (Wildman–Crippen MR) is 142 cm³/mol. The van der Waals surface area contributed by atoms with Crippen molar-refractivity contribution in [2.45, 2.75) is 19.2 Å². The maximum absolute atomic E-state index is 13.0. The monoisotopic (exact) mass is 497 g/mol. The third-order valence-corrected chi connectivity index (χ3v) is 6.00. The molecule has 4 N–H and O–H groups in total. The molecule has 10 heteroatoms. The van der Waals surface area contributed by atoms with E-state index in [1.54, 1.807) is 18.3 Å². The predicted octanol–water partition coefficient (Wildman–Crippen LogP) is 2.78. The highest BCUT2D eigenvalue weighted by atomic mass is 16.5. The van der Waals surface area contributed by atoms with Gasteiger partial charge in [0.25, 0.3) is 11.9 Å². The summed E-state index contributed by atoms with van der Waals surface area (Å²) in [7, 11) is 0. The van der Waals surface area contributed by atoms with Gasteiger partial charge in [-0.05, 0) is 25.1 Å². The highest BCUT2D eigenvalue weighted by Crippen LogP contribution is 2.25. The number of benzodiazepines with no additional fused rings is 1. The van der Waals surface area contributed by atoms with Crippen LogP contribution in [0.1, 0.15) is 23.6 Å². The second kappa shape index (κ2) is 10.6. The summed E-state index contributed by atoms with van der Waals surface area (Å²) in [5, 5.41) is 11.4. The van der Waals surface area contributed by atoms with Gasteiger partial charge in [-0.15, -0.1) is 0 Å². The number of nitrogens with zero attached hydrogens (tertiary/aromatic N) is 4. The lowest BCUT2D eigenvalue weighted by atomic mass is 10.0. The highest BCUT2D eigenvalue weighted by Gasteiger charge is 2.27. The zero-order chi connectivity index (χ0) is 25.8. The number of hydrogen-bond acceptors (Lipinski definition) is 8. The fourth-order valence-corrected chi connectivity index (χ4v) is 4.30. The number of amidine groups is 1. The number of hydrogen-bond donors (Lipinski definition) is 3. The molecule has 2 unspecified atom stereocenters. The number of carbonyl (C=O) groups excluding carboxylic acids is 1. The molecule has 0 radical (unpaired) electrons. The van der Waals surface area contributed by atoms with E-state index < -0.39 is 12.1 Å². The Morgan fingerprint density at radius 3 is 2.76 bits per heavy atom. The number of aromatic nitrogens is 1. The maximum atomic E-state index is 13.0. The molecule has 2 aliphatic heterocycles. The lowest BCUT2D eigenvalue weighted by molar-refractivity contribution is -0.117. The van der Waals surface area contributed by atoms with Crippen molar-refractivity contribution in [3.63, 3.8) is 0 Å². The van der Waals surface area contributed by atoms with E-state index in [1.165, 1.54) is 0 Å². The Morgan fingerprint density at radius 1 is 1.16 bits per heavy atom. The summed E-state index contributed by atoms with van der Waals surface area (Å²) in [6.07, 6.45) is 0.501. The average Bonchev–Trinajstić information content (AvgIpc) is 3.05. The van der Waals surface area contributed by atoms with E-state index in [1.807, 2.05) is 66.4 Å². The van der Waals surface area contributed by atoms with Gasteiger partial charge in [0.15, 0.2) is 0 Å². The molecule has 37 heavy (non-hydrogen) atoms. The molecule has 0 spiro atoms. The van der Waals surface area contributed by atoms with Crippen molar-refractivity contribution in [2.24, 2.45) is 15.7 Å². The van der Waals surface area contributed by atoms with Crippen molar-refractivity contribution < 1.29 is 14.3 Å². The molecule has 0 aliphatic carbocycles. The van der Waals surface area contributed by atoms with Crippen LogP contribution in [0.2, 0.25) is 0 Å². The number of anilines is 2. The average molecular weight is 498 g/mol. The Kier molecular flexibility index (Phi) is 6.91. The van der Waals surface area contributed by atoms with E-state index >= 15 is 0 Å². The van der Waals surface area contributed by atoms with Crippen LogP contribution in [0.5, 0.6) is 0 Å². The molecule has 0 saturated carbocycles. The van der Waals surface area contributed by atoms with Crippen LogP contribution in [0.3, 0.4) is 0 Å². The Bertz CT molecular complexity index is 1370. The standard InChI is InChI=1S/C27H27N7O3/c1-17-16-34(14-15-36-17)25-20(11-7-13-30-25)23(28)37-27(29)33-24-26(35)31-21-12-6-5-10-19(21)22(32-24)18-8-3-2-4-9-18/h2-13,17,24,28H,14-16H2,1H3,(H2,29,33)(H,31,35). The summed E-state index contributed by atoms with van der Waals surface area (Å²) in [5.74, 6) is -0.0867. The highest BCUT2D eigenvalue weighted by molar-refractivity contribution is 6.19. The number of ether oxygens (including phenoxy) is 2. The number of morpholine rings is 1. The number of benzene rings is 2. The molecule has 3 heterocycles. The van der Waals surface area contributed by atoms with Gasteiger partial charge in [-0.2, -0.15) is 4.99 Å². The van der Waals surface area contributed by atoms with Crippen LogP contribution in [0.25, 0.3) is 0 Å². The molecule has 2 atom stereocenters. The minimum absolute atomic E-state index is 0.0416. The van der Waals surface area contributed by atoms with Crippen LogP contribution in [-0.2, 0) is 14.3 Å². The van der Waals surface area contributed by atoms with Crippen molar-refractivity contribution in [1.82, 2.24) is 4.98 Å². The third kappa shape index (κ3) is 5.34. The summed E-state index contributed by atoms with van der Waals surface area (Å²) in [5.41, 5.74) is 9.36. The van der Waals surface area contributed by atoms with Gasteiger partial charge >= 0.3 is 0 Å². The van der Waals surface area contributed by atoms with E-state index in [2.05, 4.69) is 20.3 Å². The van der Waals surface area contributed by atoms with Crippen LogP contribution in [0, 0.1) is 5.41 Å². The summed E-state index contributed by atoms with van der Waals surface area (Å²) >= 11 is 0. The van der Waals surface area contributed by atoms with Crippen molar-refractivity contribution in [3.8, 4) is 0 Å². The van der Waals surface area contributed by atoms with E-state index in [-0.39, 0.29) is 18.0 Å². The van der Waals surface area contributed by atoms with Crippen LogP contribution in [0.15, 0.2) is 82.9 Å². The fourth-order valence-electron chi connectivity index (χ4n) is 4.30. The van der Waals surface area contributed by atoms with E-state index in [4.69, 9.17) is 20.6 Å². The number of pyridine rings is 1. The third-order valence-electron chi connectivity index (χ3n) is 6.00. The molecule has 188 valence electrons. The zero-order valence-corrected chi connectivity index (χ0v) is 20.3. The summed E-state index contributed by atoms with van der Waals surface area (Å²) in [4.78, 5) is 28.4. The second-order valence-electron chi connectivity index (χ2n) is 8.65. The van der Waals surface area contributed by atoms with Gasteiger partial charge in [-0.25, -0.2) is 9.98 Å². The molecular weight excluding hydrogens is 470 g/mol. The number of carbonyl (C=O) groups is 1. The first kappa shape index (κ1) is 24.1. The summed E-state index contributed by atoms with van der Waals surface area (Å²) in [6.45, 7) is 3.84. The molecule has 1 aromatic heterocycles. The molecule has 5 rings (SSSR count). The Labute approximate surface area is 214 Å². The molecule has 2 aliphatic rings. The van der Waals surface area contributed by atoms with E-state index in [9.17, 15) is 4.79 Å². The maximum Gasteiger partial charge on any atom is 0.291 e. The van der Waals surface area contributed by atoms with Gasteiger partial charge in [0.05, 0.1) is 29.7 Å². The van der Waals surface area contributed by atoms with Crippen molar-refractivity contribution in [1.29, 1.82) is 5.41 Å². The smallest absolute Gasteiger partial charge is 0.291 e. The van der Waals surface area contributed by atoms with Gasteiger partial charge in [-0.1, -0.05) is 48.5 Å². The van der Waals surface area contributed by atoms with Crippen LogP contribution < -0.4 is 16.0 Å². The van der Waals surface area contributed by atoms with Crippen molar-refractivity contribution >= 4 is 35.0 Å². The lowest BCUT2D eigenvalue weighted by Crippen LogP contribution is -2.42. The Balaban J connectivity index is 1.42. The lowest BCUT2D eigenvalue weighted by Gasteiger charge is -2.33. The molecule has 0 bridgehead atoms. The van der Waals surface area contributed by atoms with Crippen LogP contribution in [-0.4, -0.2) is 60.5 Å². The molecule has 10 nitrogen and oxygen atoms in total. The van der Waals surface area contributed by atoms with Gasteiger partial charge in [0.2, 0.25) is 12.1 Å². The fraction of sp³-hybridized carbons (Fsp3) is 0.222. The van der Waals surface area contributed by atoms with Crippen LogP contribution >= 0.6 is 0 Å². The summed E-state index contributed by atoms with van der Waals surface area (Å²) < 4.78 is 11.2. The largest absolute Gasteiger partial charge is 0.407 e. The number of rotatable bonds is 4. The quantitative estimate of drug-likeness (QED) is 0.374. The van der Waals surface area contributed by atoms with Gasteiger partial charge < -0.3 is 25.4 Å². The number of nitrogens with two attached hydrogens (primary N) is 1. The molecular formula is C27H27N7O3. The minimum atomic E-state index is -1.20. The molecule has 3 aromatic rings. The van der Waals surface area contributed by atoms with Gasteiger partial charge in [0.1, 0.15) is 5.82 Å². The van der Waals surface area contributed by atoms with E-state index in [0.717, 1.165) is 11.1 Å². The Morgan fingerprint density at radius 2 is 1.95 bits per heavy atom. The first-order valence-electron chi connectivity index (χ1n) is 11.9. The van der Waals surface area contributed by atoms with E-state index in [0.29, 0.717) is 42.5 Å². The molecule has 2 aromatic carbocycles. The normalized spacial score (nSPS) is 19.8. The van der Waals surface area contributed by atoms with Crippen LogP contribution in [0.4, 0.5) is 11.5 Å². The SMILES string of the molecule is CC1CN(c2ncccc2C(=N)O/C(N)=N/C2N=C(c3ccccc3)c3ccccc3NC2=O)CCO1. The minimum Gasteiger partial charge on any atom is -0.407 e. The Hall–Kier alpha value is -4.57. The second-order valence-corrected chi connectivity index (χ2v) is 8.65. The molecule has 1 amide bonds. The van der Waals surface area contributed by atoms with Crippen molar-refractivity contribution in [3.05, 3.63) is 89.6 Å². The number of nitrogens with one attached hydrogen (secondary N) is 2. The first-order valence-corrected chi connectivity index (χ1v) is 11.9. The molecule has 1 saturated heterocycles. The number of para-hydroxylation sites is 1. The van der Waals surface area contributed by atoms with Gasteiger partial charge in [0, 0.05) is 30.4 Å². The zero-order valence-electron chi connectivity index (χ0n) is 20.3. The summed E-state index contributed by atoms with van der Waals surface area (Å²) in [6, 6.07) is 20.1. The number of aliphatic imine (C=N–C) groups is 2. The number of fused-ring (bicyclic) bond motifs is 1. The topological polar surface area (TPSA) is 138 Å².